The van der Waals surface area contributed by atoms with Crippen LogP contribution in [-0.2, 0) is 0 Å². The second kappa shape index (κ2) is 2.80. The molecule has 1 fully saturated rings. The molecule has 1 aliphatic heterocycles. The monoisotopic (exact) mass is 209 g/mol. The highest BCUT2D eigenvalue weighted by Gasteiger charge is 2.41. The molecular formula is C11H12ClNO. The zero-order valence-corrected chi connectivity index (χ0v) is 8.60. The first kappa shape index (κ1) is 8.42. The van der Waals surface area contributed by atoms with Crippen LogP contribution in [0.4, 0.5) is 5.69 Å². The number of halogens is 1. The Bertz CT molecular complexity index is 374. The Labute approximate surface area is 88.2 Å². The van der Waals surface area contributed by atoms with E-state index in [1.807, 2.05) is 18.2 Å². The van der Waals surface area contributed by atoms with Crippen LogP contribution in [0, 0.1) is 0 Å². The number of anilines is 1. The normalized spacial score (nSPS) is 21.8. The summed E-state index contributed by atoms with van der Waals surface area (Å²) in [6, 6.07) is 5.75. The van der Waals surface area contributed by atoms with Gasteiger partial charge in [-0.15, -0.1) is 0 Å². The van der Waals surface area contributed by atoms with Crippen molar-refractivity contribution in [2.45, 2.75) is 24.9 Å². The standard InChI is InChI=1S/C11H12ClNO/c12-8-2-3-9-10(6-8)14-11(7-13-9)4-1-5-11/h2-3,6,13H,1,4-5,7H2. The summed E-state index contributed by atoms with van der Waals surface area (Å²) >= 11 is 5.92. The minimum Gasteiger partial charge on any atom is -0.483 e. The van der Waals surface area contributed by atoms with Crippen molar-refractivity contribution < 1.29 is 4.74 Å². The molecule has 0 unspecified atom stereocenters. The molecule has 0 aromatic heterocycles. The molecule has 2 aliphatic rings. The second-order valence-corrected chi connectivity index (χ2v) is 4.57. The summed E-state index contributed by atoms with van der Waals surface area (Å²) in [7, 11) is 0. The predicted molar refractivity (Wildman–Crippen MR) is 57.2 cm³/mol. The van der Waals surface area contributed by atoms with Crippen molar-refractivity contribution in [2.24, 2.45) is 0 Å². The lowest BCUT2D eigenvalue weighted by atomic mass is 9.79. The SMILES string of the molecule is Clc1ccc2c(c1)OC1(CCC1)CN2. The van der Waals surface area contributed by atoms with Crippen molar-refractivity contribution in [2.75, 3.05) is 11.9 Å². The van der Waals surface area contributed by atoms with Crippen LogP contribution < -0.4 is 10.1 Å². The highest BCUT2D eigenvalue weighted by molar-refractivity contribution is 6.30. The van der Waals surface area contributed by atoms with Crippen molar-refractivity contribution >= 4 is 17.3 Å². The molecule has 1 aromatic rings. The van der Waals surface area contributed by atoms with Crippen LogP contribution >= 0.6 is 11.6 Å². The summed E-state index contributed by atoms with van der Waals surface area (Å²) in [5.74, 6) is 0.906. The maximum atomic E-state index is 5.99. The van der Waals surface area contributed by atoms with E-state index in [4.69, 9.17) is 16.3 Å². The van der Waals surface area contributed by atoms with Crippen LogP contribution in [0.25, 0.3) is 0 Å². The molecular weight excluding hydrogens is 198 g/mol. The summed E-state index contributed by atoms with van der Waals surface area (Å²) in [5.41, 5.74) is 1.13. The van der Waals surface area contributed by atoms with Gasteiger partial charge in [0.25, 0.3) is 0 Å². The number of rotatable bonds is 0. The molecule has 0 bridgehead atoms. The molecule has 0 amide bonds. The van der Waals surface area contributed by atoms with E-state index in [1.165, 1.54) is 6.42 Å². The first-order chi connectivity index (χ1) is 6.77. The second-order valence-electron chi connectivity index (χ2n) is 4.13. The molecule has 1 aromatic carbocycles. The summed E-state index contributed by atoms with van der Waals surface area (Å²) in [4.78, 5) is 0. The molecule has 1 N–H and O–H groups in total. The van der Waals surface area contributed by atoms with Crippen molar-refractivity contribution in [1.29, 1.82) is 0 Å². The Kier molecular flexibility index (Phi) is 1.68. The largest absolute Gasteiger partial charge is 0.483 e. The maximum Gasteiger partial charge on any atom is 0.144 e. The first-order valence-corrected chi connectivity index (χ1v) is 5.38. The summed E-state index contributed by atoms with van der Waals surface area (Å²) < 4.78 is 5.99. The fraction of sp³-hybridized carbons (Fsp3) is 0.455. The number of nitrogens with one attached hydrogen (secondary N) is 1. The van der Waals surface area contributed by atoms with E-state index in [2.05, 4.69) is 5.32 Å². The van der Waals surface area contributed by atoms with Gasteiger partial charge >= 0.3 is 0 Å². The van der Waals surface area contributed by atoms with Gasteiger partial charge < -0.3 is 10.1 Å². The molecule has 14 heavy (non-hydrogen) atoms. The highest BCUT2D eigenvalue weighted by Crippen LogP contribution is 2.43. The average molecular weight is 210 g/mol. The van der Waals surface area contributed by atoms with E-state index >= 15 is 0 Å². The fourth-order valence-corrected chi connectivity index (χ4v) is 2.26. The lowest BCUT2D eigenvalue weighted by Crippen LogP contribution is -2.51. The van der Waals surface area contributed by atoms with Gasteiger partial charge in [-0.3, -0.25) is 0 Å². The lowest BCUT2D eigenvalue weighted by Gasteiger charge is -2.45. The number of benzene rings is 1. The number of fused-ring (bicyclic) bond motifs is 1. The Morgan fingerprint density at radius 2 is 2.21 bits per heavy atom. The molecule has 0 atom stereocenters. The van der Waals surface area contributed by atoms with Crippen LogP contribution in [0.2, 0.25) is 5.02 Å². The van der Waals surface area contributed by atoms with Gasteiger partial charge in [0.05, 0.1) is 12.2 Å². The Hall–Kier alpha value is -0.890. The van der Waals surface area contributed by atoms with Gasteiger partial charge in [0.15, 0.2) is 0 Å². The molecule has 1 heterocycles. The van der Waals surface area contributed by atoms with Gasteiger partial charge in [0.1, 0.15) is 11.4 Å². The lowest BCUT2D eigenvalue weighted by molar-refractivity contribution is 0.000216. The fourth-order valence-electron chi connectivity index (χ4n) is 2.10. The van der Waals surface area contributed by atoms with E-state index in [9.17, 15) is 0 Å². The van der Waals surface area contributed by atoms with Crippen molar-refractivity contribution in [3.63, 3.8) is 0 Å². The van der Waals surface area contributed by atoms with E-state index in [0.29, 0.717) is 0 Å². The smallest absolute Gasteiger partial charge is 0.144 e. The van der Waals surface area contributed by atoms with Crippen molar-refractivity contribution in [3.8, 4) is 5.75 Å². The third-order valence-electron chi connectivity index (χ3n) is 3.14. The first-order valence-electron chi connectivity index (χ1n) is 5.00. The molecule has 1 spiro atoms. The molecule has 74 valence electrons. The summed E-state index contributed by atoms with van der Waals surface area (Å²) in [6.07, 6.45) is 3.59. The summed E-state index contributed by atoms with van der Waals surface area (Å²) in [6.45, 7) is 0.932. The minimum atomic E-state index is 0.0671. The Morgan fingerprint density at radius 3 is 2.93 bits per heavy atom. The maximum absolute atomic E-state index is 5.99. The number of hydrogen-bond acceptors (Lipinski definition) is 2. The van der Waals surface area contributed by atoms with Gasteiger partial charge in [0.2, 0.25) is 0 Å². The number of ether oxygens (including phenoxy) is 1. The quantitative estimate of drug-likeness (QED) is 0.709. The van der Waals surface area contributed by atoms with Crippen LogP contribution in [0.5, 0.6) is 5.75 Å². The topological polar surface area (TPSA) is 21.3 Å². The zero-order chi connectivity index (χ0) is 9.60. The van der Waals surface area contributed by atoms with Crippen molar-refractivity contribution in [1.82, 2.24) is 0 Å². The third-order valence-corrected chi connectivity index (χ3v) is 3.37. The van der Waals surface area contributed by atoms with Crippen molar-refractivity contribution in [3.05, 3.63) is 23.2 Å². The van der Waals surface area contributed by atoms with Gasteiger partial charge in [-0.1, -0.05) is 11.6 Å². The van der Waals surface area contributed by atoms with Gasteiger partial charge in [-0.2, -0.15) is 0 Å². The molecule has 0 saturated heterocycles. The van der Waals surface area contributed by atoms with Crippen LogP contribution in [0.3, 0.4) is 0 Å². The van der Waals surface area contributed by atoms with Crippen LogP contribution in [0.1, 0.15) is 19.3 Å². The minimum absolute atomic E-state index is 0.0671. The zero-order valence-electron chi connectivity index (χ0n) is 7.85. The van der Waals surface area contributed by atoms with Gasteiger partial charge in [-0.25, -0.2) is 0 Å². The van der Waals surface area contributed by atoms with E-state index in [0.717, 1.165) is 35.8 Å². The Morgan fingerprint density at radius 1 is 1.36 bits per heavy atom. The molecule has 1 aliphatic carbocycles. The van der Waals surface area contributed by atoms with E-state index in [1.54, 1.807) is 0 Å². The van der Waals surface area contributed by atoms with Gasteiger partial charge in [-0.05, 0) is 31.4 Å². The van der Waals surface area contributed by atoms with E-state index < -0.39 is 0 Å². The third kappa shape index (κ3) is 1.17. The molecule has 3 rings (SSSR count). The molecule has 1 saturated carbocycles. The average Bonchev–Trinajstić information content (AvgIpc) is 2.14. The Balaban J connectivity index is 1.96. The summed E-state index contributed by atoms with van der Waals surface area (Å²) in [5, 5.41) is 4.14. The number of hydrogen-bond donors (Lipinski definition) is 1. The highest BCUT2D eigenvalue weighted by atomic mass is 35.5. The van der Waals surface area contributed by atoms with Gasteiger partial charge in [0, 0.05) is 11.1 Å². The van der Waals surface area contributed by atoms with Crippen LogP contribution in [-0.4, -0.2) is 12.1 Å². The molecule has 2 nitrogen and oxygen atoms in total. The predicted octanol–water partition coefficient (Wildman–Crippen LogP) is 3.07. The molecule has 0 radical (unpaired) electrons. The molecule has 3 heteroatoms. The van der Waals surface area contributed by atoms with Crippen LogP contribution in [0.15, 0.2) is 18.2 Å². The van der Waals surface area contributed by atoms with E-state index in [-0.39, 0.29) is 5.60 Å².